The van der Waals surface area contributed by atoms with Crippen molar-refractivity contribution in [1.29, 1.82) is 0 Å². The van der Waals surface area contributed by atoms with Crippen molar-refractivity contribution in [3.63, 3.8) is 0 Å². The Labute approximate surface area is 70.1 Å². The molecule has 0 aromatic heterocycles. The van der Waals surface area contributed by atoms with Crippen LogP contribution in [0.1, 0.15) is 5.56 Å². The van der Waals surface area contributed by atoms with Crippen LogP contribution in [-0.4, -0.2) is 17.4 Å². The van der Waals surface area contributed by atoms with Gasteiger partial charge in [0.15, 0.2) is 0 Å². The molecule has 1 nitrogen and oxygen atoms in total. The van der Waals surface area contributed by atoms with E-state index in [4.69, 9.17) is 4.74 Å². The van der Waals surface area contributed by atoms with E-state index in [-0.39, 0.29) is 0 Å². The van der Waals surface area contributed by atoms with Gasteiger partial charge in [0.25, 0.3) is 0 Å². The van der Waals surface area contributed by atoms with E-state index < -0.39 is 0 Å². The zero-order valence-electron chi connectivity index (χ0n) is 6.87. The van der Waals surface area contributed by atoms with Crippen LogP contribution in [0.25, 0.3) is 5.20 Å². The van der Waals surface area contributed by atoms with Gasteiger partial charge in [-0.1, -0.05) is 30.3 Å². The topological polar surface area (TPSA) is 9.23 Å². The maximum atomic E-state index is 4.93. The van der Waals surface area contributed by atoms with E-state index in [9.17, 15) is 0 Å². The minimum atomic E-state index is 1.02. The van der Waals surface area contributed by atoms with E-state index in [1.807, 2.05) is 24.5 Å². The number of benzene rings is 1. The third-order valence-electron chi connectivity index (χ3n) is 1.52. The van der Waals surface area contributed by atoms with Crippen LogP contribution in [0.2, 0.25) is 0 Å². The van der Waals surface area contributed by atoms with Gasteiger partial charge in [-0.15, -0.1) is 0 Å². The summed E-state index contributed by atoms with van der Waals surface area (Å²) in [5.41, 5.74) is 1.26. The minimum Gasteiger partial charge on any atom is -0.505 e. The predicted octanol–water partition coefficient (Wildman–Crippen LogP) is 0.997. The second-order valence-electron chi connectivity index (χ2n) is 2.40. The van der Waals surface area contributed by atoms with Crippen LogP contribution in [0, 0.1) is 0 Å². The molecule has 0 aliphatic carbocycles. The van der Waals surface area contributed by atoms with Crippen molar-refractivity contribution in [3.8, 4) is 0 Å². The summed E-state index contributed by atoms with van der Waals surface area (Å²) in [5.74, 6) is 0. The summed E-state index contributed by atoms with van der Waals surface area (Å²) >= 11 is 0. The summed E-state index contributed by atoms with van der Waals surface area (Å²) < 4.78 is 4.93. The van der Waals surface area contributed by atoms with Crippen LogP contribution in [0.15, 0.2) is 36.6 Å². The van der Waals surface area contributed by atoms with Crippen molar-refractivity contribution < 1.29 is 4.74 Å². The van der Waals surface area contributed by atoms with E-state index in [0.29, 0.717) is 0 Å². The molecular formula is C9H12OSi. The highest BCUT2D eigenvalue weighted by atomic mass is 28.1. The molecule has 0 spiro atoms. The fraction of sp³-hybridized carbons (Fsp3) is 0.111. The van der Waals surface area contributed by atoms with Gasteiger partial charge >= 0.3 is 0 Å². The highest BCUT2D eigenvalue weighted by Gasteiger charge is 1.91. The molecule has 0 unspecified atom stereocenters. The third kappa shape index (κ3) is 2.24. The number of hydrogen-bond donors (Lipinski definition) is 0. The molecule has 0 bridgehead atoms. The van der Waals surface area contributed by atoms with E-state index in [1.165, 1.54) is 10.8 Å². The van der Waals surface area contributed by atoms with Crippen LogP contribution < -0.4 is 0 Å². The largest absolute Gasteiger partial charge is 0.505 e. The lowest BCUT2D eigenvalue weighted by molar-refractivity contribution is 0.340. The normalized spacial score (nSPS) is 11.5. The molecule has 0 amide bonds. The molecular weight excluding hydrogens is 152 g/mol. The van der Waals surface area contributed by atoms with Crippen molar-refractivity contribution in [1.82, 2.24) is 0 Å². The summed E-state index contributed by atoms with van der Waals surface area (Å²) in [6, 6.07) is 10.3. The van der Waals surface area contributed by atoms with Crippen molar-refractivity contribution >= 4 is 15.4 Å². The van der Waals surface area contributed by atoms with Gasteiger partial charge < -0.3 is 4.74 Å². The Morgan fingerprint density at radius 3 is 2.55 bits per heavy atom. The van der Waals surface area contributed by atoms with E-state index in [1.54, 1.807) is 7.11 Å². The first-order valence-electron chi connectivity index (χ1n) is 3.59. The van der Waals surface area contributed by atoms with Crippen molar-refractivity contribution in [2.75, 3.05) is 7.11 Å². The van der Waals surface area contributed by atoms with Gasteiger partial charge in [-0.25, -0.2) is 0 Å². The van der Waals surface area contributed by atoms with Gasteiger partial charge in [0.2, 0.25) is 0 Å². The average Bonchev–Trinajstić information content (AvgIpc) is 2.07. The molecule has 0 radical (unpaired) electrons. The maximum absolute atomic E-state index is 4.93. The van der Waals surface area contributed by atoms with Gasteiger partial charge in [-0.2, -0.15) is 0 Å². The van der Waals surface area contributed by atoms with Crippen molar-refractivity contribution in [3.05, 3.63) is 42.2 Å². The molecule has 0 saturated carbocycles. The molecule has 2 heteroatoms. The maximum Gasteiger partial charge on any atom is 0.0812 e. The molecule has 58 valence electrons. The molecule has 0 aliphatic rings. The molecule has 0 N–H and O–H groups in total. The Hall–Kier alpha value is -1.02. The Balaban J connectivity index is 2.85. The summed E-state index contributed by atoms with van der Waals surface area (Å²) in [5, 5.41) is 1.29. The van der Waals surface area contributed by atoms with E-state index in [0.717, 1.165) is 10.2 Å². The van der Waals surface area contributed by atoms with Crippen LogP contribution in [0.5, 0.6) is 0 Å². The van der Waals surface area contributed by atoms with Crippen molar-refractivity contribution in [2.45, 2.75) is 0 Å². The predicted molar refractivity (Wildman–Crippen MR) is 51.4 cm³/mol. The summed E-state index contributed by atoms with van der Waals surface area (Å²) in [6.45, 7) is 0. The van der Waals surface area contributed by atoms with Crippen LogP contribution in [-0.2, 0) is 4.74 Å². The van der Waals surface area contributed by atoms with Crippen LogP contribution in [0.3, 0.4) is 0 Å². The minimum absolute atomic E-state index is 1.02. The Morgan fingerprint density at radius 2 is 2.00 bits per heavy atom. The molecule has 0 aliphatic heterocycles. The van der Waals surface area contributed by atoms with Gasteiger partial charge in [-0.3, -0.25) is 0 Å². The van der Waals surface area contributed by atoms with E-state index >= 15 is 0 Å². The second kappa shape index (κ2) is 3.98. The number of methoxy groups -OCH3 is 1. The summed E-state index contributed by atoms with van der Waals surface area (Å²) in [4.78, 5) is 0. The molecule has 11 heavy (non-hydrogen) atoms. The van der Waals surface area contributed by atoms with Gasteiger partial charge in [-0.05, 0) is 10.8 Å². The van der Waals surface area contributed by atoms with Gasteiger partial charge in [0.1, 0.15) is 0 Å². The van der Waals surface area contributed by atoms with E-state index in [2.05, 4.69) is 12.1 Å². The lowest BCUT2D eigenvalue weighted by atomic mass is 10.2. The summed E-state index contributed by atoms with van der Waals surface area (Å²) in [7, 11) is 2.70. The van der Waals surface area contributed by atoms with Crippen molar-refractivity contribution in [2.24, 2.45) is 0 Å². The number of rotatable bonds is 2. The fourth-order valence-electron chi connectivity index (χ4n) is 0.946. The Kier molecular flexibility index (Phi) is 2.92. The standard InChI is InChI=1S/C9H12OSi/c1-10-7-9(11)8-5-3-2-4-6-8/h2-7H,1,11H3. The van der Waals surface area contributed by atoms with Crippen LogP contribution in [0.4, 0.5) is 0 Å². The lowest BCUT2D eigenvalue weighted by Crippen LogP contribution is -1.82. The number of hydrogen-bond acceptors (Lipinski definition) is 1. The van der Waals surface area contributed by atoms with Gasteiger partial charge in [0.05, 0.1) is 13.4 Å². The van der Waals surface area contributed by atoms with Crippen LogP contribution >= 0.6 is 0 Å². The first-order chi connectivity index (χ1) is 5.34. The Bertz CT molecular complexity index is 241. The zero-order chi connectivity index (χ0) is 8.10. The molecule has 0 atom stereocenters. The van der Waals surface area contributed by atoms with Gasteiger partial charge in [0, 0.05) is 10.2 Å². The molecule has 1 aromatic rings. The molecule has 1 rings (SSSR count). The third-order valence-corrected chi connectivity index (χ3v) is 2.34. The molecule has 0 heterocycles. The zero-order valence-corrected chi connectivity index (χ0v) is 8.87. The highest BCUT2D eigenvalue weighted by Crippen LogP contribution is 2.08. The quantitative estimate of drug-likeness (QED) is 0.468. The summed E-state index contributed by atoms with van der Waals surface area (Å²) in [6.07, 6.45) is 1.81. The average molecular weight is 164 g/mol. The monoisotopic (exact) mass is 164 g/mol. The highest BCUT2D eigenvalue weighted by molar-refractivity contribution is 6.42. The Morgan fingerprint density at radius 1 is 1.36 bits per heavy atom. The first-order valence-corrected chi connectivity index (χ1v) is 4.59. The fourth-order valence-corrected chi connectivity index (χ4v) is 1.51. The molecule has 0 saturated heterocycles. The smallest absolute Gasteiger partial charge is 0.0812 e. The molecule has 0 fully saturated rings. The molecule has 1 aromatic carbocycles. The SMILES string of the molecule is COC=C([SiH3])c1ccccc1. The number of ether oxygens (including phenoxy) is 1. The second-order valence-corrected chi connectivity index (χ2v) is 3.48. The lowest BCUT2D eigenvalue weighted by Gasteiger charge is -1.99. The first kappa shape index (κ1) is 8.08.